The molecule has 80 valence electrons. The number of aromatic nitrogens is 2. The van der Waals surface area contributed by atoms with Crippen LogP contribution in [0.15, 0.2) is 18.6 Å². The Bertz CT molecular complexity index is 317. The molecule has 1 aromatic heterocycles. The molecule has 0 spiro atoms. The van der Waals surface area contributed by atoms with Gasteiger partial charge in [0.1, 0.15) is 6.33 Å². The van der Waals surface area contributed by atoms with Gasteiger partial charge in [0.25, 0.3) is 0 Å². The molecule has 0 saturated carbocycles. The summed E-state index contributed by atoms with van der Waals surface area (Å²) in [6, 6.07) is 2.24. The van der Waals surface area contributed by atoms with Gasteiger partial charge < -0.3 is 10.6 Å². The SMILES string of the molecule is O=C1CCC(NCc2ccncn2)CN1. The summed E-state index contributed by atoms with van der Waals surface area (Å²) in [4.78, 5) is 18.9. The average molecular weight is 206 g/mol. The van der Waals surface area contributed by atoms with Gasteiger partial charge in [-0.25, -0.2) is 9.97 Å². The molecule has 2 heterocycles. The van der Waals surface area contributed by atoms with E-state index in [4.69, 9.17) is 0 Å². The molecule has 0 bridgehead atoms. The van der Waals surface area contributed by atoms with Crippen molar-refractivity contribution in [2.24, 2.45) is 0 Å². The molecule has 0 radical (unpaired) electrons. The largest absolute Gasteiger partial charge is 0.355 e. The highest BCUT2D eigenvalue weighted by Crippen LogP contribution is 2.03. The van der Waals surface area contributed by atoms with Crippen LogP contribution in [-0.2, 0) is 11.3 Å². The van der Waals surface area contributed by atoms with E-state index in [0.717, 1.165) is 18.7 Å². The zero-order valence-electron chi connectivity index (χ0n) is 8.44. The maximum atomic E-state index is 10.9. The topological polar surface area (TPSA) is 66.9 Å². The molecule has 1 aliphatic rings. The molecule has 0 aromatic carbocycles. The number of carbonyl (C=O) groups excluding carboxylic acids is 1. The van der Waals surface area contributed by atoms with Crippen LogP contribution >= 0.6 is 0 Å². The van der Waals surface area contributed by atoms with E-state index in [1.54, 1.807) is 12.5 Å². The maximum Gasteiger partial charge on any atom is 0.220 e. The van der Waals surface area contributed by atoms with Gasteiger partial charge in [0.15, 0.2) is 0 Å². The number of hydrogen-bond acceptors (Lipinski definition) is 4. The quantitative estimate of drug-likeness (QED) is 0.721. The Morgan fingerprint density at radius 3 is 3.20 bits per heavy atom. The van der Waals surface area contributed by atoms with E-state index >= 15 is 0 Å². The molecular weight excluding hydrogens is 192 g/mol. The third-order valence-electron chi connectivity index (χ3n) is 2.48. The molecule has 0 aliphatic carbocycles. The summed E-state index contributed by atoms with van der Waals surface area (Å²) in [7, 11) is 0. The minimum absolute atomic E-state index is 0.148. The zero-order valence-corrected chi connectivity index (χ0v) is 8.44. The van der Waals surface area contributed by atoms with Crippen LogP contribution in [0.3, 0.4) is 0 Å². The van der Waals surface area contributed by atoms with Crippen LogP contribution < -0.4 is 10.6 Å². The molecule has 1 atom stereocenters. The van der Waals surface area contributed by atoms with E-state index in [1.807, 2.05) is 6.07 Å². The first-order valence-corrected chi connectivity index (χ1v) is 5.09. The van der Waals surface area contributed by atoms with Crippen LogP contribution in [0.2, 0.25) is 0 Å². The van der Waals surface area contributed by atoms with E-state index in [1.165, 1.54) is 0 Å². The van der Waals surface area contributed by atoms with Crippen LogP contribution in [0.25, 0.3) is 0 Å². The molecule has 1 amide bonds. The van der Waals surface area contributed by atoms with Crippen molar-refractivity contribution in [1.82, 2.24) is 20.6 Å². The maximum absolute atomic E-state index is 10.9. The first kappa shape index (κ1) is 10.0. The van der Waals surface area contributed by atoms with E-state index in [2.05, 4.69) is 20.6 Å². The van der Waals surface area contributed by atoms with Crippen molar-refractivity contribution in [2.45, 2.75) is 25.4 Å². The van der Waals surface area contributed by atoms with Gasteiger partial charge in [0.05, 0.1) is 5.69 Å². The fourth-order valence-electron chi connectivity index (χ4n) is 1.58. The van der Waals surface area contributed by atoms with Gasteiger partial charge in [0, 0.05) is 31.7 Å². The molecule has 1 aromatic rings. The predicted octanol–water partition coefficient (Wildman–Crippen LogP) is -0.155. The van der Waals surface area contributed by atoms with Crippen molar-refractivity contribution in [1.29, 1.82) is 0 Å². The van der Waals surface area contributed by atoms with E-state index in [-0.39, 0.29) is 5.91 Å². The summed E-state index contributed by atoms with van der Waals surface area (Å²) in [5.41, 5.74) is 0.974. The fourth-order valence-corrected chi connectivity index (χ4v) is 1.58. The second-order valence-electron chi connectivity index (χ2n) is 3.62. The Hall–Kier alpha value is -1.49. The third kappa shape index (κ3) is 2.99. The van der Waals surface area contributed by atoms with Gasteiger partial charge >= 0.3 is 0 Å². The molecule has 1 fully saturated rings. The molecule has 1 saturated heterocycles. The van der Waals surface area contributed by atoms with Crippen LogP contribution in [0.1, 0.15) is 18.5 Å². The van der Waals surface area contributed by atoms with Crippen molar-refractivity contribution in [3.8, 4) is 0 Å². The van der Waals surface area contributed by atoms with Gasteiger partial charge in [-0.3, -0.25) is 4.79 Å². The lowest BCUT2D eigenvalue weighted by Gasteiger charge is -2.23. The van der Waals surface area contributed by atoms with Gasteiger partial charge in [-0.05, 0) is 12.5 Å². The number of hydrogen-bond donors (Lipinski definition) is 2. The van der Waals surface area contributed by atoms with Crippen LogP contribution in [0, 0.1) is 0 Å². The molecule has 2 N–H and O–H groups in total. The van der Waals surface area contributed by atoms with Gasteiger partial charge in [-0.1, -0.05) is 0 Å². The number of piperidine rings is 1. The summed E-state index contributed by atoms with van der Waals surface area (Å²) in [6.45, 7) is 1.44. The minimum atomic E-state index is 0.148. The Morgan fingerprint density at radius 1 is 1.60 bits per heavy atom. The van der Waals surface area contributed by atoms with E-state index in [0.29, 0.717) is 19.0 Å². The van der Waals surface area contributed by atoms with Crippen molar-refractivity contribution >= 4 is 5.91 Å². The average Bonchev–Trinajstić information content (AvgIpc) is 2.30. The van der Waals surface area contributed by atoms with Gasteiger partial charge in [-0.15, -0.1) is 0 Å². The first-order chi connectivity index (χ1) is 7.34. The molecule has 1 aliphatic heterocycles. The summed E-state index contributed by atoms with van der Waals surface area (Å²) in [5.74, 6) is 0.148. The summed E-state index contributed by atoms with van der Waals surface area (Å²) in [5, 5.41) is 6.19. The number of amides is 1. The van der Waals surface area contributed by atoms with Crippen LogP contribution in [-0.4, -0.2) is 28.5 Å². The number of rotatable bonds is 3. The Kier molecular flexibility index (Phi) is 3.24. The molecule has 2 rings (SSSR count). The normalized spacial score (nSPS) is 21.1. The van der Waals surface area contributed by atoms with Crippen molar-refractivity contribution in [3.05, 3.63) is 24.3 Å². The first-order valence-electron chi connectivity index (χ1n) is 5.09. The van der Waals surface area contributed by atoms with Crippen molar-refractivity contribution in [3.63, 3.8) is 0 Å². The molecule has 5 heteroatoms. The number of nitrogens with zero attached hydrogens (tertiary/aromatic N) is 2. The van der Waals surface area contributed by atoms with Crippen molar-refractivity contribution < 1.29 is 4.79 Å². The molecular formula is C10H14N4O. The van der Waals surface area contributed by atoms with Crippen LogP contribution in [0.4, 0.5) is 0 Å². The Balaban J connectivity index is 1.77. The standard InChI is InChI=1S/C10H14N4O/c15-10-2-1-8(6-13-10)12-5-9-3-4-11-7-14-9/h3-4,7-8,12H,1-2,5-6H2,(H,13,15). The predicted molar refractivity (Wildman–Crippen MR) is 54.9 cm³/mol. The lowest BCUT2D eigenvalue weighted by molar-refractivity contribution is -0.122. The highest BCUT2D eigenvalue weighted by molar-refractivity contribution is 5.76. The van der Waals surface area contributed by atoms with Gasteiger partial charge in [0.2, 0.25) is 5.91 Å². The number of nitrogens with one attached hydrogen (secondary N) is 2. The zero-order chi connectivity index (χ0) is 10.5. The minimum Gasteiger partial charge on any atom is -0.355 e. The fraction of sp³-hybridized carbons (Fsp3) is 0.500. The second kappa shape index (κ2) is 4.84. The highest BCUT2D eigenvalue weighted by atomic mass is 16.1. The summed E-state index contributed by atoms with van der Waals surface area (Å²) in [6.07, 6.45) is 4.78. The van der Waals surface area contributed by atoms with E-state index < -0.39 is 0 Å². The van der Waals surface area contributed by atoms with Crippen LogP contribution in [0.5, 0.6) is 0 Å². The second-order valence-corrected chi connectivity index (χ2v) is 3.62. The summed E-state index contributed by atoms with van der Waals surface area (Å²) >= 11 is 0. The lowest BCUT2D eigenvalue weighted by atomic mass is 10.1. The third-order valence-corrected chi connectivity index (χ3v) is 2.48. The van der Waals surface area contributed by atoms with Gasteiger partial charge in [-0.2, -0.15) is 0 Å². The summed E-state index contributed by atoms with van der Waals surface area (Å²) < 4.78 is 0. The number of carbonyl (C=O) groups is 1. The molecule has 1 unspecified atom stereocenters. The highest BCUT2D eigenvalue weighted by Gasteiger charge is 2.16. The molecule has 15 heavy (non-hydrogen) atoms. The Labute approximate surface area is 88.3 Å². The van der Waals surface area contributed by atoms with E-state index in [9.17, 15) is 4.79 Å². The Morgan fingerprint density at radius 2 is 2.53 bits per heavy atom. The molecule has 5 nitrogen and oxygen atoms in total. The smallest absolute Gasteiger partial charge is 0.220 e. The van der Waals surface area contributed by atoms with Crippen molar-refractivity contribution in [2.75, 3.05) is 6.54 Å². The lowest BCUT2D eigenvalue weighted by Crippen LogP contribution is -2.45. The monoisotopic (exact) mass is 206 g/mol.